The van der Waals surface area contributed by atoms with Gasteiger partial charge >= 0.3 is 5.97 Å². The van der Waals surface area contributed by atoms with E-state index in [1.165, 1.54) is 38.5 Å². The molecule has 0 saturated carbocycles. The van der Waals surface area contributed by atoms with Gasteiger partial charge in [-0.25, -0.2) is 0 Å². The fourth-order valence-electron chi connectivity index (χ4n) is 2.93. The summed E-state index contributed by atoms with van der Waals surface area (Å²) in [6.45, 7) is 12.4. The largest absolute Gasteiger partial charge is 0.463 e. The molecule has 28 heavy (non-hydrogen) atoms. The van der Waals surface area contributed by atoms with Gasteiger partial charge in [-0.2, -0.15) is 0 Å². The second-order valence-electron chi connectivity index (χ2n) is 7.62. The summed E-state index contributed by atoms with van der Waals surface area (Å²) in [6.07, 6.45) is 10.6. The molecule has 0 bridgehead atoms. The molecule has 0 aliphatic carbocycles. The molecule has 0 rings (SSSR count). The Kier molecular flexibility index (Phi) is 20.6. The highest BCUT2D eigenvalue weighted by Gasteiger charge is 2.09. The molecular weight excluding hydrogens is 356 g/mol. The molecule has 168 valence electrons. The van der Waals surface area contributed by atoms with Crippen molar-refractivity contribution in [2.75, 3.05) is 39.6 Å². The van der Waals surface area contributed by atoms with E-state index in [1.807, 2.05) is 6.92 Å². The van der Waals surface area contributed by atoms with Gasteiger partial charge < -0.3 is 18.9 Å². The summed E-state index contributed by atoms with van der Waals surface area (Å²) in [6, 6.07) is 0. The Morgan fingerprint density at radius 2 is 1.39 bits per heavy atom. The third-order valence-corrected chi connectivity index (χ3v) is 4.86. The minimum atomic E-state index is -0.120. The maximum atomic E-state index is 11.7. The third kappa shape index (κ3) is 18.7. The molecular formula is C23H46O5. The summed E-state index contributed by atoms with van der Waals surface area (Å²) in [5, 5.41) is 0. The number of esters is 1. The van der Waals surface area contributed by atoms with E-state index < -0.39 is 0 Å². The molecule has 0 radical (unpaired) electrons. The SMILES string of the molecule is CCCCCC(C)OC(=O)CCCOCCOCCOCC(CC)CCCC. The smallest absolute Gasteiger partial charge is 0.306 e. The predicted octanol–water partition coefficient (Wildman–Crippen LogP) is 5.54. The molecule has 0 aliphatic heterocycles. The monoisotopic (exact) mass is 402 g/mol. The number of unbranched alkanes of at least 4 members (excludes halogenated alkanes) is 3. The highest BCUT2D eigenvalue weighted by Crippen LogP contribution is 2.12. The van der Waals surface area contributed by atoms with Crippen LogP contribution < -0.4 is 0 Å². The van der Waals surface area contributed by atoms with Gasteiger partial charge in [-0.3, -0.25) is 4.79 Å². The molecule has 0 aliphatic rings. The van der Waals surface area contributed by atoms with E-state index in [0.717, 1.165) is 19.4 Å². The van der Waals surface area contributed by atoms with E-state index in [4.69, 9.17) is 18.9 Å². The van der Waals surface area contributed by atoms with Crippen molar-refractivity contribution in [3.63, 3.8) is 0 Å². The molecule has 0 heterocycles. The Morgan fingerprint density at radius 1 is 0.750 bits per heavy atom. The topological polar surface area (TPSA) is 54.0 Å². The van der Waals surface area contributed by atoms with E-state index in [-0.39, 0.29) is 12.1 Å². The standard InChI is InChI=1S/C23H46O5/c1-5-8-10-12-21(4)28-23(24)14-11-15-25-16-17-26-18-19-27-20-22(7-3)13-9-6-2/h21-22H,5-20H2,1-4H3. The van der Waals surface area contributed by atoms with Crippen molar-refractivity contribution in [1.82, 2.24) is 0 Å². The lowest BCUT2D eigenvalue weighted by Gasteiger charge is -2.14. The van der Waals surface area contributed by atoms with Crippen molar-refractivity contribution >= 4 is 5.97 Å². The number of hydrogen-bond donors (Lipinski definition) is 0. The highest BCUT2D eigenvalue weighted by atomic mass is 16.5. The van der Waals surface area contributed by atoms with E-state index in [1.54, 1.807) is 0 Å². The van der Waals surface area contributed by atoms with Crippen molar-refractivity contribution in [3.05, 3.63) is 0 Å². The van der Waals surface area contributed by atoms with Crippen LogP contribution in [0.1, 0.15) is 91.9 Å². The highest BCUT2D eigenvalue weighted by molar-refractivity contribution is 5.69. The molecule has 5 nitrogen and oxygen atoms in total. The van der Waals surface area contributed by atoms with Gasteiger partial charge in [0.15, 0.2) is 0 Å². The molecule has 0 saturated heterocycles. The first kappa shape index (κ1) is 27.4. The van der Waals surface area contributed by atoms with Crippen LogP contribution in [0.2, 0.25) is 0 Å². The first-order valence-electron chi connectivity index (χ1n) is 11.6. The molecule has 0 aromatic carbocycles. The predicted molar refractivity (Wildman–Crippen MR) is 115 cm³/mol. The molecule has 0 fully saturated rings. The lowest BCUT2D eigenvalue weighted by Crippen LogP contribution is -2.16. The lowest BCUT2D eigenvalue weighted by atomic mass is 10.0. The zero-order chi connectivity index (χ0) is 20.9. The van der Waals surface area contributed by atoms with E-state index in [9.17, 15) is 4.79 Å². The zero-order valence-corrected chi connectivity index (χ0v) is 19.0. The number of carbonyl (C=O) groups is 1. The van der Waals surface area contributed by atoms with Crippen molar-refractivity contribution in [3.8, 4) is 0 Å². The van der Waals surface area contributed by atoms with Crippen LogP contribution in [0.4, 0.5) is 0 Å². The molecule has 5 heteroatoms. The van der Waals surface area contributed by atoms with Gasteiger partial charge in [0.25, 0.3) is 0 Å². The zero-order valence-electron chi connectivity index (χ0n) is 19.0. The minimum absolute atomic E-state index is 0.0230. The second-order valence-corrected chi connectivity index (χ2v) is 7.62. The molecule has 2 atom stereocenters. The van der Waals surface area contributed by atoms with Crippen molar-refractivity contribution < 1.29 is 23.7 Å². The van der Waals surface area contributed by atoms with Crippen LogP contribution in [-0.2, 0) is 23.7 Å². The Balaban J connectivity index is 3.35. The van der Waals surface area contributed by atoms with Crippen LogP contribution in [0, 0.1) is 5.92 Å². The van der Waals surface area contributed by atoms with Crippen LogP contribution in [0.25, 0.3) is 0 Å². The van der Waals surface area contributed by atoms with Crippen molar-refractivity contribution in [2.24, 2.45) is 5.92 Å². The minimum Gasteiger partial charge on any atom is -0.463 e. The first-order valence-corrected chi connectivity index (χ1v) is 11.6. The van der Waals surface area contributed by atoms with Crippen LogP contribution in [0.3, 0.4) is 0 Å². The number of carbonyl (C=O) groups excluding carboxylic acids is 1. The lowest BCUT2D eigenvalue weighted by molar-refractivity contribution is -0.149. The Labute approximate surface area is 173 Å². The van der Waals surface area contributed by atoms with E-state index in [2.05, 4.69) is 20.8 Å². The Morgan fingerprint density at radius 3 is 2.04 bits per heavy atom. The van der Waals surface area contributed by atoms with Gasteiger partial charge in [0.2, 0.25) is 0 Å². The number of ether oxygens (including phenoxy) is 4. The van der Waals surface area contributed by atoms with Gasteiger partial charge in [0.1, 0.15) is 0 Å². The van der Waals surface area contributed by atoms with Crippen molar-refractivity contribution in [2.45, 2.75) is 98.0 Å². The average molecular weight is 403 g/mol. The molecule has 0 aromatic rings. The summed E-state index contributed by atoms with van der Waals surface area (Å²) in [5.74, 6) is 0.555. The van der Waals surface area contributed by atoms with Crippen LogP contribution in [0.15, 0.2) is 0 Å². The molecule has 0 N–H and O–H groups in total. The van der Waals surface area contributed by atoms with Crippen LogP contribution in [0.5, 0.6) is 0 Å². The first-order chi connectivity index (χ1) is 13.6. The molecule has 2 unspecified atom stereocenters. The third-order valence-electron chi connectivity index (χ3n) is 4.86. The maximum Gasteiger partial charge on any atom is 0.306 e. The van der Waals surface area contributed by atoms with Crippen LogP contribution >= 0.6 is 0 Å². The quantitative estimate of drug-likeness (QED) is 0.186. The maximum absolute atomic E-state index is 11.7. The number of hydrogen-bond acceptors (Lipinski definition) is 5. The van der Waals surface area contributed by atoms with Gasteiger partial charge in [-0.15, -0.1) is 0 Å². The van der Waals surface area contributed by atoms with Gasteiger partial charge in [0.05, 0.1) is 32.5 Å². The summed E-state index contributed by atoms with van der Waals surface area (Å²) >= 11 is 0. The van der Waals surface area contributed by atoms with E-state index >= 15 is 0 Å². The Hall–Kier alpha value is -0.650. The molecule has 0 amide bonds. The summed E-state index contributed by atoms with van der Waals surface area (Å²) < 4.78 is 22.1. The summed E-state index contributed by atoms with van der Waals surface area (Å²) in [5.41, 5.74) is 0. The fourth-order valence-corrected chi connectivity index (χ4v) is 2.93. The van der Waals surface area contributed by atoms with Crippen molar-refractivity contribution in [1.29, 1.82) is 0 Å². The van der Waals surface area contributed by atoms with Gasteiger partial charge in [0, 0.05) is 19.6 Å². The fraction of sp³-hybridized carbons (Fsp3) is 0.957. The summed E-state index contributed by atoms with van der Waals surface area (Å²) in [4.78, 5) is 11.7. The Bertz CT molecular complexity index is 335. The second kappa shape index (κ2) is 21.1. The molecule has 0 aromatic heterocycles. The van der Waals surface area contributed by atoms with Crippen LogP contribution in [-0.4, -0.2) is 51.7 Å². The summed E-state index contributed by atoms with van der Waals surface area (Å²) in [7, 11) is 0. The normalized spacial score (nSPS) is 13.4. The van der Waals surface area contributed by atoms with Gasteiger partial charge in [-0.05, 0) is 38.5 Å². The van der Waals surface area contributed by atoms with E-state index in [0.29, 0.717) is 51.8 Å². The number of rotatable bonds is 21. The van der Waals surface area contributed by atoms with Gasteiger partial charge in [-0.1, -0.05) is 52.9 Å². The average Bonchev–Trinajstić information content (AvgIpc) is 2.68. The molecule has 0 spiro atoms.